The van der Waals surface area contributed by atoms with Gasteiger partial charge in [-0.25, -0.2) is 14.8 Å². The number of carbonyl (C=O) groups excluding carboxylic acids is 1. The third kappa shape index (κ3) is 3.89. The van der Waals surface area contributed by atoms with Gasteiger partial charge in [0.1, 0.15) is 5.82 Å². The summed E-state index contributed by atoms with van der Waals surface area (Å²) in [6.45, 7) is 3.77. The van der Waals surface area contributed by atoms with E-state index in [0.717, 1.165) is 18.7 Å². The van der Waals surface area contributed by atoms with Crippen LogP contribution in [-0.4, -0.2) is 33.8 Å². The highest BCUT2D eigenvalue weighted by Crippen LogP contribution is 2.37. The standard InChI is InChI=1S/C13H20N4O2/c1-8(7-18)9(2)16-13(19)17-11-5-14-12(15-6-11)10-3-4-10/h5-6,8-10,18H,3-4,7H2,1-2H3,(H2,16,17,19). The molecule has 6 nitrogen and oxygen atoms in total. The average molecular weight is 264 g/mol. The summed E-state index contributed by atoms with van der Waals surface area (Å²) in [4.78, 5) is 20.2. The molecular weight excluding hydrogens is 244 g/mol. The fraction of sp³-hybridized carbons (Fsp3) is 0.615. The van der Waals surface area contributed by atoms with Crippen molar-refractivity contribution in [1.82, 2.24) is 15.3 Å². The van der Waals surface area contributed by atoms with Crippen LogP contribution in [0.1, 0.15) is 38.4 Å². The molecule has 2 amide bonds. The highest BCUT2D eigenvalue weighted by molar-refractivity contribution is 5.89. The quantitative estimate of drug-likeness (QED) is 0.752. The van der Waals surface area contributed by atoms with Crippen molar-refractivity contribution in [3.63, 3.8) is 0 Å². The number of aliphatic hydroxyl groups is 1. The number of amides is 2. The number of aromatic nitrogens is 2. The van der Waals surface area contributed by atoms with Crippen LogP contribution in [-0.2, 0) is 0 Å². The van der Waals surface area contributed by atoms with E-state index in [0.29, 0.717) is 11.6 Å². The number of nitrogens with zero attached hydrogens (tertiary/aromatic N) is 2. The lowest BCUT2D eigenvalue weighted by Gasteiger charge is -2.19. The van der Waals surface area contributed by atoms with E-state index in [1.165, 1.54) is 0 Å². The highest BCUT2D eigenvalue weighted by atomic mass is 16.3. The molecule has 0 saturated heterocycles. The SMILES string of the molecule is CC(CO)C(C)NC(=O)Nc1cnc(C2CC2)nc1. The number of hydrogen-bond acceptors (Lipinski definition) is 4. The van der Waals surface area contributed by atoms with Gasteiger partial charge in [0.05, 0.1) is 18.1 Å². The molecule has 104 valence electrons. The van der Waals surface area contributed by atoms with Gasteiger partial charge in [0.2, 0.25) is 0 Å². The summed E-state index contributed by atoms with van der Waals surface area (Å²) in [7, 11) is 0. The van der Waals surface area contributed by atoms with Crippen molar-refractivity contribution in [2.24, 2.45) is 5.92 Å². The van der Waals surface area contributed by atoms with Crippen LogP contribution in [0.2, 0.25) is 0 Å². The summed E-state index contributed by atoms with van der Waals surface area (Å²) in [6.07, 6.45) is 5.56. The van der Waals surface area contributed by atoms with E-state index in [4.69, 9.17) is 5.11 Å². The minimum absolute atomic E-state index is 0.0132. The molecule has 0 spiro atoms. The van der Waals surface area contributed by atoms with Gasteiger partial charge in [-0.1, -0.05) is 6.92 Å². The number of hydrogen-bond donors (Lipinski definition) is 3. The minimum atomic E-state index is -0.310. The first-order valence-corrected chi connectivity index (χ1v) is 6.60. The van der Waals surface area contributed by atoms with Crippen molar-refractivity contribution in [2.45, 2.75) is 38.6 Å². The Kier molecular flexibility index (Phi) is 4.31. The van der Waals surface area contributed by atoms with Crippen LogP contribution in [0.3, 0.4) is 0 Å². The monoisotopic (exact) mass is 264 g/mol. The molecule has 1 aromatic heterocycles. The number of nitrogens with one attached hydrogen (secondary N) is 2. The largest absolute Gasteiger partial charge is 0.396 e. The Morgan fingerprint density at radius 3 is 2.58 bits per heavy atom. The zero-order valence-electron chi connectivity index (χ0n) is 11.3. The Balaban J connectivity index is 1.84. The van der Waals surface area contributed by atoms with Gasteiger partial charge < -0.3 is 15.7 Å². The molecule has 2 rings (SSSR count). The maximum atomic E-state index is 11.7. The molecule has 0 radical (unpaired) electrons. The van der Waals surface area contributed by atoms with Crippen molar-refractivity contribution < 1.29 is 9.90 Å². The Labute approximate surface area is 112 Å². The first kappa shape index (κ1) is 13.7. The number of carbonyl (C=O) groups is 1. The molecule has 1 aliphatic rings. The first-order chi connectivity index (χ1) is 9.10. The molecular formula is C13H20N4O2. The van der Waals surface area contributed by atoms with E-state index in [1.807, 2.05) is 13.8 Å². The Hall–Kier alpha value is -1.69. The molecule has 2 unspecified atom stereocenters. The van der Waals surface area contributed by atoms with Crippen LogP contribution in [0.25, 0.3) is 0 Å². The van der Waals surface area contributed by atoms with Crippen LogP contribution >= 0.6 is 0 Å². The lowest BCUT2D eigenvalue weighted by atomic mass is 10.1. The van der Waals surface area contributed by atoms with Gasteiger partial charge in [0.15, 0.2) is 0 Å². The smallest absolute Gasteiger partial charge is 0.319 e. The number of urea groups is 1. The summed E-state index contributed by atoms with van der Waals surface area (Å²) in [5.41, 5.74) is 0.575. The van der Waals surface area contributed by atoms with E-state index in [2.05, 4.69) is 20.6 Å². The molecule has 1 heterocycles. The van der Waals surface area contributed by atoms with E-state index in [9.17, 15) is 4.79 Å². The van der Waals surface area contributed by atoms with Crippen molar-refractivity contribution in [2.75, 3.05) is 11.9 Å². The molecule has 1 aliphatic carbocycles. The number of rotatable bonds is 5. The van der Waals surface area contributed by atoms with E-state index in [-0.39, 0.29) is 24.6 Å². The first-order valence-electron chi connectivity index (χ1n) is 6.60. The van der Waals surface area contributed by atoms with Crippen molar-refractivity contribution in [1.29, 1.82) is 0 Å². The van der Waals surface area contributed by atoms with E-state index in [1.54, 1.807) is 12.4 Å². The van der Waals surface area contributed by atoms with Gasteiger partial charge in [-0.15, -0.1) is 0 Å². The van der Waals surface area contributed by atoms with Crippen LogP contribution in [0.4, 0.5) is 10.5 Å². The predicted octanol–water partition coefficient (Wildman–Crippen LogP) is 1.49. The predicted molar refractivity (Wildman–Crippen MR) is 71.9 cm³/mol. The average Bonchev–Trinajstić information content (AvgIpc) is 3.22. The van der Waals surface area contributed by atoms with Crippen molar-refractivity contribution >= 4 is 11.7 Å². The lowest BCUT2D eigenvalue weighted by Crippen LogP contribution is -2.40. The molecule has 1 saturated carbocycles. The van der Waals surface area contributed by atoms with Crippen LogP contribution in [0, 0.1) is 5.92 Å². The van der Waals surface area contributed by atoms with Crippen molar-refractivity contribution in [3.8, 4) is 0 Å². The van der Waals surface area contributed by atoms with Crippen LogP contribution in [0.5, 0.6) is 0 Å². The molecule has 0 aromatic carbocycles. The number of aliphatic hydroxyl groups excluding tert-OH is 1. The minimum Gasteiger partial charge on any atom is -0.396 e. The topological polar surface area (TPSA) is 87.1 Å². The zero-order chi connectivity index (χ0) is 13.8. The second kappa shape index (κ2) is 5.97. The Morgan fingerprint density at radius 2 is 2.05 bits per heavy atom. The van der Waals surface area contributed by atoms with Crippen LogP contribution < -0.4 is 10.6 Å². The summed E-state index contributed by atoms with van der Waals surface area (Å²) in [5.74, 6) is 1.38. The molecule has 19 heavy (non-hydrogen) atoms. The highest BCUT2D eigenvalue weighted by Gasteiger charge is 2.26. The molecule has 0 aliphatic heterocycles. The second-order valence-electron chi connectivity index (χ2n) is 5.15. The van der Waals surface area contributed by atoms with Gasteiger partial charge in [-0.2, -0.15) is 0 Å². The molecule has 6 heteroatoms. The molecule has 1 aromatic rings. The van der Waals surface area contributed by atoms with Gasteiger partial charge in [-0.3, -0.25) is 0 Å². The maximum Gasteiger partial charge on any atom is 0.319 e. The fourth-order valence-electron chi connectivity index (χ4n) is 1.63. The van der Waals surface area contributed by atoms with Crippen LogP contribution in [0.15, 0.2) is 12.4 Å². The summed E-state index contributed by atoms with van der Waals surface area (Å²) in [6, 6.07) is -0.410. The molecule has 3 N–H and O–H groups in total. The summed E-state index contributed by atoms with van der Waals surface area (Å²) < 4.78 is 0. The van der Waals surface area contributed by atoms with Gasteiger partial charge in [-0.05, 0) is 25.7 Å². The number of anilines is 1. The normalized spacial score (nSPS) is 17.6. The van der Waals surface area contributed by atoms with Gasteiger partial charge in [0.25, 0.3) is 0 Å². The lowest BCUT2D eigenvalue weighted by molar-refractivity contribution is 0.204. The zero-order valence-corrected chi connectivity index (χ0v) is 11.3. The molecule has 1 fully saturated rings. The maximum absolute atomic E-state index is 11.7. The molecule has 2 atom stereocenters. The molecule has 0 bridgehead atoms. The summed E-state index contributed by atoms with van der Waals surface area (Å²) >= 11 is 0. The second-order valence-corrected chi connectivity index (χ2v) is 5.15. The third-order valence-corrected chi connectivity index (χ3v) is 3.37. The summed E-state index contributed by atoms with van der Waals surface area (Å²) in [5, 5.41) is 14.4. The third-order valence-electron chi connectivity index (χ3n) is 3.37. The Morgan fingerprint density at radius 1 is 1.42 bits per heavy atom. The van der Waals surface area contributed by atoms with E-state index < -0.39 is 0 Å². The van der Waals surface area contributed by atoms with E-state index >= 15 is 0 Å². The fourth-order valence-corrected chi connectivity index (χ4v) is 1.63. The Bertz CT molecular complexity index is 431. The van der Waals surface area contributed by atoms with Gasteiger partial charge >= 0.3 is 6.03 Å². The van der Waals surface area contributed by atoms with Crippen molar-refractivity contribution in [3.05, 3.63) is 18.2 Å². The van der Waals surface area contributed by atoms with Gasteiger partial charge in [0, 0.05) is 18.6 Å².